The van der Waals surface area contributed by atoms with Gasteiger partial charge >= 0.3 is 0 Å². The van der Waals surface area contributed by atoms with Crippen LogP contribution in [0.3, 0.4) is 0 Å². The highest BCUT2D eigenvalue weighted by molar-refractivity contribution is 6.10. The average molecular weight is 441 g/mol. The number of Topliss-reactive ketones (excluding diaryl/α,β-unsaturated/α-hetero) is 1. The molecule has 2 aliphatic rings. The summed E-state index contributed by atoms with van der Waals surface area (Å²) in [4.78, 5) is 29.2. The van der Waals surface area contributed by atoms with Crippen molar-refractivity contribution in [3.8, 4) is 0 Å². The number of carbonyl (C=O) groups is 2. The lowest BCUT2D eigenvalue weighted by Crippen LogP contribution is -2.59. The smallest absolute Gasteiger partial charge is 0.239 e. The molecule has 6 nitrogen and oxygen atoms in total. The van der Waals surface area contributed by atoms with Gasteiger partial charge in [0.05, 0.1) is 18.2 Å². The van der Waals surface area contributed by atoms with Gasteiger partial charge in [-0.25, -0.2) is 5.43 Å². The number of nitrogens with one attached hydrogen (secondary N) is 2. The summed E-state index contributed by atoms with van der Waals surface area (Å²) < 4.78 is 0. The molecule has 5 rings (SSSR count). The van der Waals surface area contributed by atoms with E-state index in [0.717, 1.165) is 16.9 Å². The monoisotopic (exact) mass is 440 g/mol. The van der Waals surface area contributed by atoms with Gasteiger partial charge in [-0.15, -0.1) is 0 Å². The number of nitrogens with zero attached hydrogens (tertiary/aromatic N) is 2. The van der Waals surface area contributed by atoms with Gasteiger partial charge in [0.2, 0.25) is 5.91 Å². The number of amides is 1. The maximum absolute atomic E-state index is 13.8. The number of hydrogen-bond donors (Lipinski definition) is 2. The van der Waals surface area contributed by atoms with Crippen molar-refractivity contribution in [2.45, 2.75) is 25.7 Å². The van der Waals surface area contributed by atoms with Crippen LogP contribution < -0.4 is 20.7 Å². The van der Waals surface area contributed by atoms with Gasteiger partial charge < -0.3 is 4.90 Å². The third-order valence-electron chi connectivity index (χ3n) is 6.55. The van der Waals surface area contributed by atoms with Crippen LogP contribution in [0.5, 0.6) is 0 Å². The van der Waals surface area contributed by atoms with E-state index in [1.165, 1.54) is 0 Å². The maximum atomic E-state index is 13.8. The van der Waals surface area contributed by atoms with E-state index in [2.05, 4.69) is 10.7 Å². The Bertz CT molecular complexity index is 1110. The molecule has 0 bridgehead atoms. The molecule has 0 spiro atoms. The van der Waals surface area contributed by atoms with Crippen LogP contribution >= 0.6 is 0 Å². The zero-order valence-electron chi connectivity index (χ0n) is 18.6. The van der Waals surface area contributed by atoms with E-state index in [-0.39, 0.29) is 29.8 Å². The van der Waals surface area contributed by atoms with E-state index in [1.54, 1.807) is 4.90 Å². The first kappa shape index (κ1) is 21.4. The number of para-hydroxylation sites is 2. The lowest BCUT2D eigenvalue weighted by molar-refractivity contribution is -0.137. The Morgan fingerprint density at radius 1 is 0.939 bits per heavy atom. The summed E-state index contributed by atoms with van der Waals surface area (Å²) in [6.07, 6.45) is -0.182. The van der Waals surface area contributed by atoms with Crippen LogP contribution in [0.4, 0.5) is 11.4 Å². The largest absolute Gasteiger partial charge is 0.307 e. The predicted molar refractivity (Wildman–Crippen MR) is 129 cm³/mol. The number of anilines is 2. The molecule has 3 aromatic carbocycles. The molecule has 6 heteroatoms. The molecule has 0 saturated carbocycles. The normalized spacial score (nSPS) is 24.4. The van der Waals surface area contributed by atoms with Crippen molar-refractivity contribution in [3.63, 3.8) is 0 Å². The Labute approximate surface area is 194 Å². The van der Waals surface area contributed by atoms with E-state index in [0.29, 0.717) is 13.1 Å². The van der Waals surface area contributed by atoms with Crippen molar-refractivity contribution in [1.82, 2.24) is 10.7 Å². The zero-order chi connectivity index (χ0) is 22.8. The first-order valence-corrected chi connectivity index (χ1v) is 11.4. The second kappa shape index (κ2) is 9.17. The van der Waals surface area contributed by atoms with E-state index in [4.69, 9.17) is 0 Å². The fraction of sp³-hybridized carbons (Fsp3) is 0.259. The topological polar surface area (TPSA) is 64.7 Å². The molecule has 4 atom stereocenters. The number of hydrogen-bond acceptors (Lipinski definition) is 5. The third-order valence-corrected chi connectivity index (χ3v) is 6.55. The first-order chi connectivity index (χ1) is 16.1. The Balaban J connectivity index is 1.40. The van der Waals surface area contributed by atoms with Gasteiger partial charge in [-0.1, -0.05) is 66.7 Å². The summed E-state index contributed by atoms with van der Waals surface area (Å²) in [5.41, 5.74) is 6.24. The van der Waals surface area contributed by atoms with Crippen molar-refractivity contribution in [2.24, 2.45) is 11.8 Å². The lowest BCUT2D eigenvalue weighted by Gasteiger charge is -2.37. The van der Waals surface area contributed by atoms with Gasteiger partial charge in [-0.3, -0.25) is 19.9 Å². The fourth-order valence-electron chi connectivity index (χ4n) is 4.90. The average Bonchev–Trinajstić information content (AvgIpc) is 3.21. The second-order valence-electron chi connectivity index (χ2n) is 8.70. The van der Waals surface area contributed by atoms with Crippen LogP contribution in [0, 0.1) is 11.8 Å². The standard InChI is InChI=1S/C27H28N4O2/c1-19-24-25(32)23(17-28-26(24)31(29-19)22-15-9-4-10-16-22)27(33)30(21-13-7-3-8-14-21)18-20-11-5-2-6-12-20/h2-16,19,23-24,26,28-29H,17-18H2,1H3. The quantitative estimate of drug-likeness (QED) is 0.596. The highest BCUT2D eigenvalue weighted by atomic mass is 16.2. The van der Waals surface area contributed by atoms with Crippen LogP contribution in [0.15, 0.2) is 91.0 Å². The Kier molecular flexibility index (Phi) is 5.94. The van der Waals surface area contributed by atoms with Crippen LogP contribution in [0.2, 0.25) is 0 Å². The van der Waals surface area contributed by atoms with Crippen LogP contribution in [-0.4, -0.2) is 30.4 Å². The van der Waals surface area contributed by atoms with E-state index in [9.17, 15) is 9.59 Å². The number of piperidine rings is 1. The number of ketones is 1. The molecule has 1 amide bonds. The Morgan fingerprint density at radius 3 is 2.21 bits per heavy atom. The molecular formula is C27H28N4O2. The van der Waals surface area contributed by atoms with Crippen molar-refractivity contribution in [2.75, 3.05) is 16.5 Å². The molecule has 2 heterocycles. The summed E-state index contributed by atoms with van der Waals surface area (Å²) in [7, 11) is 0. The Hall–Kier alpha value is -3.48. The molecule has 4 unspecified atom stereocenters. The van der Waals surface area contributed by atoms with Crippen LogP contribution in [0.25, 0.3) is 0 Å². The lowest BCUT2D eigenvalue weighted by atomic mass is 9.82. The van der Waals surface area contributed by atoms with E-state index in [1.807, 2.05) is 103 Å². The number of benzene rings is 3. The zero-order valence-corrected chi connectivity index (χ0v) is 18.6. The highest BCUT2D eigenvalue weighted by Gasteiger charge is 2.51. The van der Waals surface area contributed by atoms with E-state index >= 15 is 0 Å². The van der Waals surface area contributed by atoms with E-state index < -0.39 is 5.92 Å². The molecule has 0 aromatic heterocycles. The molecule has 3 aromatic rings. The number of carbonyl (C=O) groups excluding carboxylic acids is 2. The molecule has 2 fully saturated rings. The molecule has 33 heavy (non-hydrogen) atoms. The Morgan fingerprint density at radius 2 is 1.55 bits per heavy atom. The molecule has 2 aliphatic heterocycles. The summed E-state index contributed by atoms with van der Waals surface area (Å²) in [5, 5.41) is 5.51. The maximum Gasteiger partial charge on any atom is 0.239 e. The summed E-state index contributed by atoms with van der Waals surface area (Å²) in [5.74, 6) is -1.21. The molecule has 2 N–H and O–H groups in total. The van der Waals surface area contributed by atoms with Gasteiger partial charge in [-0.05, 0) is 36.8 Å². The van der Waals surface area contributed by atoms with Gasteiger partial charge in [0.1, 0.15) is 12.1 Å². The SMILES string of the molecule is CC1NN(c2ccccc2)C2NCC(C(=O)N(Cc3ccccc3)c3ccccc3)C(=O)C12. The van der Waals surface area contributed by atoms with Crippen molar-refractivity contribution >= 4 is 23.1 Å². The van der Waals surface area contributed by atoms with Gasteiger partial charge in [0, 0.05) is 18.3 Å². The van der Waals surface area contributed by atoms with Crippen molar-refractivity contribution in [3.05, 3.63) is 96.6 Å². The van der Waals surface area contributed by atoms with Gasteiger partial charge in [0.25, 0.3) is 0 Å². The summed E-state index contributed by atoms with van der Waals surface area (Å²) in [6, 6.07) is 29.4. The fourth-order valence-corrected chi connectivity index (χ4v) is 4.90. The molecule has 168 valence electrons. The minimum Gasteiger partial charge on any atom is -0.307 e. The molecule has 2 saturated heterocycles. The van der Waals surface area contributed by atoms with Crippen molar-refractivity contribution in [1.29, 1.82) is 0 Å². The highest BCUT2D eigenvalue weighted by Crippen LogP contribution is 2.33. The molecular weight excluding hydrogens is 412 g/mol. The van der Waals surface area contributed by atoms with Crippen LogP contribution in [-0.2, 0) is 16.1 Å². The number of rotatable bonds is 5. The third kappa shape index (κ3) is 4.15. The van der Waals surface area contributed by atoms with Gasteiger partial charge in [-0.2, -0.15) is 0 Å². The van der Waals surface area contributed by atoms with Crippen molar-refractivity contribution < 1.29 is 9.59 Å². The first-order valence-electron chi connectivity index (χ1n) is 11.4. The minimum absolute atomic E-state index is 0.00354. The van der Waals surface area contributed by atoms with Gasteiger partial charge in [0.15, 0.2) is 5.78 Å². The summed E-state index contributed by atoms with van der Waals surface area (Å²) in [6.45, 7) is 2.74. The molecule has 0 aliphatic carbocycles. The number of fused-ring (bicyclic) bond motifs is 1. The minimum atomic E-state index is -0.727. The summed E-state index contributed by atoms with van der Waals surface area (Å²) >= 11 is 0. The number of hydrazine groups is 1. The van der Waals surface area contributed by atoms with Crippen LogP contribution in [0.1, 0.15) is 12.5 Å². The predicted octanol–water partition coefficient (Wildman–Crippen LogP) is 3.36. The second-order valence-corrected chi connectivity index (χ2v) is 8.70. The molecule has 0 radical (unpaired) electrons.